The van der Waals surface area contributed by atoms with Crippen LogP contribution in [0.2, 0.25) is 0 Å². The summed E-state index contributed by atoms with van der Waals surface area (Å²) in [6.45, 7) is 13.2. The number of rotatable bonds is 8. The van der Waals surface area contributed by atoms with Gasteiger partial charge < -0.3 is 10.1 Å². The molecule has 1 rings (SSSR count). The minimum atomic E-state index is 0.728. The molecule has 19 heavy (non-hydrogen) atoms. The number of hydrogen-bond acceptors (Lipinski definition) is 2. The summed E-state index contributed by atoms with van der Waals surface area (Å²) >= 11 is 0. The van der Waals surface area contributed by atoms with Crippen molar-refractivity contribution in [1.29, 1.82) is 0 Å². The van der Waals surface area contributed by atoms with E-state index in [2.05, 4.69) is 50.5 Å². The Morgan fingerprint density at radius 2 is 2.05 bits per heavy atom. The van der Waals surface area contributed by atoms with Gasteiger partial charge in [-0.3, -0.25) is 0 Å². The third-order valence-corrected chi connectivity index (χ3v) is 3.13. The molecule has 2 nitrogen and oxygen atoms in total. The quantitative estimate of drug-likeness (QED) is 0.711. The maximum Gasteiger partial charge on any atom is 0.119 e. The summed E-state index contributed by atoms with van der Waals surface area (Å²) in [6.07, 6.45) is 3.01. The fourth-order valence-electron chi connectivity index (χ4n) is 1.95. The molecule has 1 N–H and O–H groups in total. The molecule has 0 saturated heterocycles. The number of aryl methyl sites for hydroxylation is 2. The summed E-state index contributed by atoms with van der Waals surface area (Å²) in [5.74, 6) is 0.728. The highest BCUT2D eigenvalue weighted by Crippen LogP contribution is 2.22. The molecule has 0 spiro atoms. The lowest BCUT2D eigenvalue weighted by molar-refractivity contribution is 0.371. The maximum atomic E-state index is 5.27. The van der Waals surface area contributed by atoms with Crippen molar-refractivity contribution in [3.63, 3.8) is 0 Å². The van der Waals surface area contributed by atoms with Gasteiger partial charge in [0.2, 0.25) is 0 Å². The van der Waals surface area contributed by atoms with Gasteiger partial charge in [-0.1, -0.05) is 37.8 Å². The number of nitrogens with one attached hydrogen (secondary N) is 1. The summed E-state index contributed by atoms with van der Waals surface area (Å²) in [6, 6.07) is 6.41. The van der Waals surface area contributed by atoms with Gasteiger partial charge in [0.1, 0.15) is 5.76 Å². The summed E-state index contributed by atoms with van der Waals surface area (Å²) < 4.78 is 5.27. The predicted octanol–water partition coefficient (Wildman–Crippen LogP) is 4.06. The molecule has 0 unspecified atom stereocenters. The molecule has 0 atom stereocenters. The van der Waals surface area contributed by atoms with Gasteiger partial charge in [-0.05, 0) is 37.8 Å². The fraction of sp³-hybridized carbons (Fsp3) is 0.412. The zero-order valence-electron chi connectivity index (χ0n) is 12.4. The minimum Gasteiger partial charge on any atom is -0.497 e. The first kappa shape index (κ1) is 15.4. The average Bonchev–Trinajstić information content (AvgIpc) is 2.42. The third-order valence-electron chi connectivity index (χ3n) is 3.13. The Kier molecular flexibility index (Phi) is 6.20. The summed E-state index contributed by atoms with van der Waals surface area (Å²) in [4.78, 5) is 0. The zero-order chi connectivity index (χ0) is 14.3. The largest absolute Gasteiger partial charge is 0.497 e. The van der Waals surface area contributed by atoms with Crippen LogP contribution < -0.4 is 5.32 Å². The number of methoxy groups -OCH3 is 1. The van der Waals surface area contributed by atoms with Crippen LogP contribution in [0.15, 0.2) is 37.1 Å². The Labute approximate surface area is 117 Å². The average molecular weight is 259 g/mol. The number of allylic oxidation sites excluding steroid dienone is 1. The molecule has 0 aliphatic carbocycles. The number of ether oxygens (including phenoxy) is 1. The highest BCUT2D eigenvalue weighted by atomic mass is 16.5. The smallest absolute Gasteiger partial charge is 0.119 e. The van der Waals surface area contributed by atoms with E-state index in [0.717, 1.165) is 42.8 Å². The maximum absolute atomic E-state index is 5.27. The SMILES string of the molecule is C=C(CCc1ccc(C)cc1C(=C)OC)NCCC. The Morgan fingerprint density at radius 3 is 2.68 bits per heavy atom. The van der Waals surface area contributed by atoms with E-state index >= 15 is 0 Å². The molecule has 0 heterocycles. The van der Waals surface area contributed by atoms with Crippen LogP contribution in [-0.2, 0) is 11.2 Å². The van der Waals surface area contributed by atoms with Crippen LogP contribution in [0, 0.1) is 6.92 Å². The number of hydrogen-bond donors (Lipinski definition) is 1. The van der Waals surface area contributed by atoms with Gasteiger partial charge in [0, 0.05) is 17.8 Å². The van der Waals surface area contributed by atoms with Gasteiger partial charge in [-0.15, -0.1) is 0 Å². The zero-order valence-corrected chi connectivity index (χ0v) is 12.4. The van der Waals surface area contributed by atoms with E-state index in [4.69, 9.17) is 4.74 Å². The van der Waals surface area contributed by atoms with E-state index in [1.807, 2.05) is 0 Å². The second-order valence-corrected chi connectivity index (χ2v) is 4.82. The molecule has 1 aromatic rings. The summed E-state index contributed by atoms with van der Waals surface area (Å²) in [5, 5.41) is 3.33. The Bertz CT molecular complexity index is 449. The van der Waals surface area contributed by atoms with Gasteiger partial charge in [-0.25, -0.2) is 0 Å². The van der Waals surface area contributed by atoms with Crippen LogP contribution in [-0.4, -0.2) is 13.7 Å². The second kappa shape index (κ2) is 7.67. The Hall–Kier alpha value is -1.70. The molecule has 0 amide bonds. The number of benzene rings is 1. The Balaban J connectivity index is 2.72. The molecule has 1 aromatic carbocycles. The van der Waals surface area contributed by atoms with Crippen molar-refractivity contribution < 1.29 is 4.74 Å². The normalized spacial score (nSPS) is 10.1. The molecule has 0 aromatic heterocycles. The van der Waals surface area contributed by atoms with E-state index in [1.165, 1.54) is 11.1 Å². The van der Waals surface area contributed by atoms with Crippen LogP contribution in [0.3, 0.4) is 0 Å². The second-order valence-electron chi connectivity index (χ2n) is 4.82. The lowest BCUT2D eigenvalue weighted by Crippen LogP contribution is -2.13. The van der Waals surface area contributed by atoms with Crippen molar-refractivity contribution in [3.05, 3.63) is 53.7 Å². The van der Waals surface area contributed by atoms with Gasteiger partial charge in [0.05, 0.1) is 7.11 Å². The van der Waals surface area contributed by atoms with E-state index in [1.54, 1.807) is 7.11 Å². The van der Waals surface area contributed by atoms with Crippen molar-refractivity contribution >= 4 is 5.76 Å². The standard InChI is InChI=1S/C17H25NO/c1-6-11-18-14(3)8-10-16-9-7-13(2)12-17(16)15(4)19-5/h7,9,12,18H,3-4,6,8,10-11H2,1-2,5H3. The predicted molar refractivity (Wildman–Crippen MR) is 83.0 cm³/mol. The lowest BCUT2D eigenvalue weighted by atomic mass is 9.99. The first-order valence-electron chi connectivity index (χ1n) is 6.83. The third kappa shape index (κ3) is 4.82. The molecular formula is C17H25NO. The van der Waals surface area contributed by atoms with Crippen LogP contribution in [0.4, 0.5) is 0 Å². The van der Waals surface area contributed by atoms with Crippen molar-refractivity contribution in [1.82, 2.24) is 5.32 Å². The topological polar surface area (TPSA) is 21.3 Å². The highest BCUT2D eigenvalue weighted by molar-refractivity contribution is 5.62. The van der Waals surface area contributed by atoms with Crippen LogP contribution in [0.1, 0.15) is 36.5 Å². The Morgan fingerprint density at radius 1 is 1.32 bits per heavy atom. The molecule has 0 saturated carbocycles. The van der Waals surface area contributed by atoms with Crippen LogP contribution in [0.5, 0.6) is 0 Å². The molecule has 2 heteroatoms. The highest BCUT2D eigenvalue weighted by Gasteiger charge is 2.07. The van der Waals surface area contributed by atoms with Crippen LogP contribution in [0.25, 0.3) is 5.76 Å². The molecule has 0 bridgehead atoms. The summed E-state index contributed by atoms with van der Waals surface area (Å²) in [7, 11) is 1.66. The molecule has 0 radical (unpaired) electrons. The van der Waals surface area contributed by atoms with Crippen molar-refractivity contribution in [2.24, 2.45) is 0 Å². The van der Waals surface area contributed by atoms with E-state index < -0.39 is 0 Å². The van der Waals surface area contributed by atoms with E-state index in [-0.39, 0.29) is 0 Å². The lowest BCUT2D eigenvalue weighted by Gasteiger charge is -2.13. The van der Waals surface area contributed by atoms with Gasteiger partial charge in [0.25, 0.3) is 0 Å². The molecular weight excluding hydrogens is 234 g/mol. The van der Waals surface area contributed by atoms with Crippen molar-refractivity contribution in [2.75, 3.05) is 13.7 Å². The summed E-state index contributed by atoms with van der Waals surface area (Å²) in [5.41, 5.74) is 4.68. The van der Waals surface area contributed by atoms with Gasteiger partial charge >= 0.3 is 0 Å². The van der Waals surface area contributed by atoms with Crippen molar-refractivity contribution in [2.45, 2.75) is 33.1 Å². The van der Waals surface area contributed by atoms with Gasteiger partial charge in [-0.2, -0.15) is 0 Å². The molecule has 0 aliphatic heterocycles. The first-order chi connectivity index (χ1) is 9.08. The van der Waals surface area contributed by atoms with Gasteiger partial charge in [0.15, 0.2) is 0 Å². The minimum absolute atomic E-state index is 0.728. The first-order valence-corrected chi connectivity index (χ1v) is 6.83. The fourth-order valence-corrected chi connectivity index (χ4v) is 1.95. The monoisotopic (exact) mass is 259 g/mol. The van der Waals surface area contributed by atoms with Crippen LogP contribution >= 0.6 is 0 Å². The van der Waals surface area contributed by atoms with Crippen molar-refractivity contribution in [3.8, 4) is 0 Å². The van der Waals surface area contributed by atoms with E-state index in [0.29, 0.717) is 0 Å². The molecule has 0 aliphatic rings. The molecule has 0 fully saturated rings. The molecule has 104 valence electrons. The van der Waals surface area contributed by atoms with E-state index in [9.17, 15) is 0 Å².